The Hall–Kier alpha value is -2.71. The number of rotatable bonds is 9. The summed E-state index contributed by atoms with van der Waals surface area (Å²) in [4.78, 5) is 12.8. The number of fused-ring (bicyclic) bond motifs is 1. The molecule has 4 rings (SSSR count). The summed E-state index contributed by atoms with van der Waals surface area (Å²) in [5.74, 6) is -0.444. The summed E-state index contributed by atoms with van der Waals surface area (Å²) < 4.78 is 33.2. The molecular formula is C27H37NO11. The molecule has 3 heterocycles. The van der Waals surface area contributed by atoms with Gasteiger partial charge in [0.15, 0.2) is 17.8 Å². The summed E-state index contributed by atoms with van der Waals surface area (Å²) >= 11 is 0. The van der Waals surface area contributed by atoms with Crippen LogP contribution in [0.25, 0.3) is 0 Å². The molecule has 12 nitrogen and oxygen atoms in total. The molecule has 0 spiro atoms. The summed E-state index contributed by atoms with van der Waals surface area (Å²) in [6, 6.07) is 3.70. The first-order valence-electron chi connectivity index (χ1n) is 12.8. The van der Waals surface area contributed by atoms with Gasteiger partial charge in [-0.15, -0.1) is 6.58 Å². The lowest BCUT2D eigenvalue weighted by Gasteiger charge is -2.43. The Morgan fingerprint density at radius 3 is 2.46 bits per heavy atom. The van der Waals surface area contributed by atoms with Gasteiger partial charge in [-0.2, -0.15) is 0 Å². The lowest BCUT2D eigenvalue weighted by molar-refractivity contribution is -0.339. The molecule has 216 valence electrons. The normalized spacial score (nSPS) is 34.2. The van der Waals surface area contributed by atoms with Crippen molar-refractivity contribution < 1.29 is 53.6 Å². The van der Waals surface area contributed by atoms with Crippen molar-refractivity contribution in [3.05, 3.63) is 47.7 Å². The minimum atomic E-state index is -1.62. The molecule has 1 aromatic rings. The van der Waals surface area contributed by atoms with Crippen LogP contribution in [0, 0.1) is 11.8 Å². The van der Waals surface area contributed by atoms with E-state index in [1.807, 2.05) is 12.1 Å². The van der Waals surface area contributed by atoms with Crippen molar-refractivity contribution in [3.8, 4) is 11.5 Å². The summed E-state index contributed by atoms with van der Waals surface area (Å²) in [5, 5.41) is 43.8. The van der Waals surface area contributed by atoms with Crippen LogP contribution in [0.15, 0.2) is 36.6 Å². The maximum Gasteiger partial charge on any atom is 0.337 e. The number of carbonyl (C=O) groups excluding carboxylic acids is 1. The molecule has 0 aliphatic carbocycles. The average Bonchev–Trinajstić information content (AvgIpc) is 2.96. The van der Waals surface area contributed by atoms with Crippen molar-refractivity contribution in [1.82, 2.24) is 5.32 Å². The van der Waals surface area contributed by atoms with Crippen LogP contribution in [0.5, 0.6) is 11.5 Å². The zero-order valence-electron chi connectivity index (χ0n) is 22.2. The van der Waals surface area contributed by atoms with Crippen LogP contribution in [-0.2, 0) is 30.2 Å². The van der Waals surface area contributed by atoms with Crippen molar-refractivity contribution in [3.63, 3.8) is 0 Å². The second-order valence-corrected chi connectivity index (χ2v) is 9.72. The number of aliphatic hydroxyl groups is 4. The van der Waals surface area contributed by atoms with Gasteiger partial charge in [0, 0.05) is 17.9 Å². The van der Waals surface area contributed by atoms with Crippen molar-refractivity contribution in [2.75, 3.05) is 34.5 Å². The van der Waals surface area contributed by atoms with Gasteiger partial charge in [0.2, 0.25) is 6.29 Å². The lowest BCUT2D eigenvalue weighted by Crippen LogP contribution is -2.60. The van der Waals surface area contributed by atoms with Crippen LogP contribution in [0.3, 0.4) is 0 Å². The Kier molecular flexibility index (Phi) is 9.49. The van der Waals surface area contributed by atoms with E-state index in [4.69, 9.17) is 28.4 Å². The maximum atomic E-state index is 12.8. The average molecular weight is 552 g/mol. The van der Waals surface area contributed by atoms with Crippen LogP contribution in [0.2, 0.25) is 0 Å². The number of ether oxygens (including phenoxy) is 6. The minimum absolute atomic E-state index is 0.180. The Labute approximate surface area is 226 Å². The van der Waals surface area contributed by atoms with Crippen LogP contribution < -0.4 is 14.8 Å². The number of esters is 1. The number of benzene rings is 1. The van der Waals surface area contributed by atoms with Gasteiger partial charge in [0.05, 0.1) is 39.8 Å². The fourth-order valence-electron chi connectivity index (χ4n) is 5.46. The highest BCUT2D eigenvalue weighted by molar-refractivity contribution is 5.89. The molecule has 0 radical (unpaired) electrons. The molecule has 0 amide bonds. The predicted molar refractivity (Wildman–Crippen MR) is 136 cm³/mol. The first-order chi connectivity index (χ1) is 18.8. The highest BCUT2D eigenvalue weighted by atomic mass is 16.8. The van der Waals surface area contributed by atoms with E-state index >= 15 is 0 Å². The standard InChI is InChI=1S/C27H37NO11/c1-5-14-16(9-18-15-10-20(35-3)19(34-2)8-13(15)6-7-28-18)17(25(33)36-4)12-37-26(14)39-27-24(32)23(31)22(30)21(11-29)38-27/h5,8,10,12,14,16,18,21-24,26-32H,1,6-7,9,11H2,2-4H3/t14-,16+,18+,21-,22-,23+,24-,26+,27+/m1/s1. The van der Waals surface area contributed by atoms with Gasteiger partial charge < -0.3 is 54.2 Å². The third kappa shape index (κ3) is 5.78. The first-order valence-corrected chi connectivity index (χ1v) is 12.8. The third-order valence-corrected chi connectivity index (χ3v) is 7.61. The summed E-state index contributed by atoms with van der Waals surface area (Å²) in [6.07, 6.45) is -4.33. The Morgan fingerprint density at radius 2 is 1.82 bits per heavy atom. The molecule has 3 aliphatic rings. The number of methoxy groups -OCH3 is 3. The molecule has 3 aliphatic heterocycles. The molecule has 9 atom stereocenters. The van der Waals surface area contributed by atoms with Gasteiger partial charge in [-0.05, 0) is 42.6 Å². The number of hydrogen-bond donors (Lipinski definition) is 5. The molecular weight excluding hydrogens is 514 g/mol. The van der Waals surface area contributed by atoms with E-state index in [1.165, 1.54) is 13.4 Å². The van der Waals surface area contributed by atoms with Gasteiger partial charge in [-0.1, -0.05) is 6.08 Å². The zero-order chi connectivity index (χ0) is 28.3. The second-order valence-electron chi connectivity index (χ2n) is 9.72. The van der Waals surface area contributed by atoms with E-state index in [0.29, 0.717) is 24.5 Å². The molecule has 0 unspecified atom stereocenters. The molecule has 12 heteroatoms. The van der Waals surface area contributed by atoms with Crippen molar-refractivity contribution >= 4 is 5.97 Å². The van der Waals surface area contributed by atoms with Crippen LogP contribution >= 0.6 is 0 Å². The fourth-order valence-corrected chi connectivity index (χ4v) is 5.46. The van der Waals surface area contributed by atoms with Gasteiger partial charge >= 0.3 is 5.97 Å². The van der Waals surface area contributed by atoms with Gasteiger partial charge in [-0.25, -0.2) is 4.79 Å². The van der Waals surface area contributed by atoms with Gasteiger partial charge in [-0.3, -0.25) is 0 Å². The van der Waals surface area contributed by atoms with Crippen LogP contribution in [-0.4, -0.2) is 97.9 Å². The molecule has 1 fully saturated rings. The number of nitrogens with one attached hydrogen (secondary N) is 1. The van der Waals surface area contributed by atoms with Gasteiger partial charge in [0.1, 0.15) is 24.4 Å². The molecule has 5 N–H and O–H groups in total. The number of hydrogen-bond acceptors (Lipinski definition) is 12. The quantitative estimate of drug-likeness (QED) is 0.205. The predicted octanol–water partition coefficient (Wildman–Crippen LogP) is -0.0712. The smallest absolute Gasteiger partial charge is 0.337 e. The van der Waals surface area contributed by atoms with Gasteiger partial charge in [0.25, 0.3) is 0 Å². The van der Waals surface area contributed by atoms with E-state index in [1.54, 1.807) is 20.3 Å². The van der Waals surface area contributed by atoms with E-state index < -0.39 is 61.4 Å². The molecule has 39 heavy (non-hydrogen) atoms. The Morgan fingerprint density at radius 1 is 1.10 bits per heavy atom. The molecule has 0 saturated carbocycles. The highest BCUT2D eigenvalue weighted by Gasteiger charge is 2.48. The number of carbonyl (C=O) groups is 1. The SMILES string of the molecule is C=C[C@H]1[C@H](O[C@@H]2O[C@H](CO)[C@@H](O)[C@H](O)[C@H]2O)OC=C(C(=O)OC)[C@H]1C[C@@H]1NCCc2cc(OC)c(OC)cc21. The summed E-state index contributed by atoms with van der Waals surface area (Å²) in [5.41, 5.74) is 2.38. The van der Waals surface area contributed by atoms with E-state index in [0.717, 1.165) is 17.5 Å². The monoisotopic (exact) mass is 551 g/mol. The lowest BCUT2D eigenvalue weighted by atomic mass is 9.77. The number of aliphatic hydroxyl groups excluding tert-OH is 4. The Balaban J connectivity index is 1.63. The molecule has 0 bridgehead atoms. The maximum absolute atomic E-state index is 12.8. The fraction of sp³-hybridized carbons (Fsp3) is 0.593. The Bertz CT molecular complexity index is 1060. The second kappa shape index (κ2) is 12.6. The van der Waals surface area contributed by atoms with E-state index in [2.05, 4.69) is 11.9 Å². The molecule has 0 aromatic heterocycles. The minimum Gasteiger partial charge on any atom is -0.493 e. The van der Waals surface area contributed by atoms with Crippen molar-refractivity contribution in [2.45, 2.75) is 55.9 Å². The summed E-state index contributed by atoms with van der Waals surface area (Å²) in [7, 11) is 4.44. The third-order valence-electron chi connectivity index (χ3n) is 7.61. The largest absolute Gasteiger partial charge is 0.493 e. The van der Waals surface area contributed by atoms with Crippen LogP contribution in [0.1, 0.15) is 23.6 Å². The van der Waals surface area contributed by atoms with Crippen LogP contribution in [0.4, 0.5) is 0 Å². The van der Waals surface area contributed by atoms with Crippen molar-refractivity contribution in [1.29, 1.82) is 0 Å². The van der Waals surface area contributed by atoms with E-state index in [9.17, 15) is 25.2 Å². The van der Waals surface area contributed by atoms with E-state index in [-0.39, 0.29) is 11.6 Å². The summed E-state index contributed by atoms with van der Waals surface area (Å²) in [6.45, 7) is 4.04. The van der Waals surface area contributed by atoms with Crippen molar-refractivity contribution in [2.24, 2.45) is 11.8 Å². The molecule has 1 aromatic carbocycles. The zero-order valence-corrected chi connectivity index (χ0v) is 22.2. The molecule has 1 saturated heterocycles. The first kappa shape index (κ1) is 29.3. The topological polar surface area (TPSA) is 165 Å². The highest BCUT2D eigenvalue weighted by Crippen LogP contribution is 2.43.